The molecule has 0 heteroatoms. The maximum absolute atomic E-state index is 2.63. The van der Waals surface area contributed by atoms with Crippen LogP contribution in [0.1, 0.15) is 222 Å². The van der Waals surface area contributed by atoms with Gasteiger partial charge in [-0.3, -0.25) is 0 Å². The molecule has 0 amide bonds. The first-order valence-electron chi connectivity index (χ1n) is 20.1. The molecule has 48 heavy (non-hydrogen) atoms. The summed E-state index contributed by atoms with van der Waals surface area (Å²) in [5.74, 6) is 1.20. The number of hydrogen-bond acceptors (Lipinski definition) is 0. The zero-order chi connectivity index (χ0) is 40.2. The number of hydrogen-bond donors (Lipinski definition) is 0. The zero-order valence-electron chi connectivity index (χ0n) is 40.2. The van der Waals surface area contributed by atoms with E-state index >= 15 is 0 Å². The van der Waals surface area contributed by atoms with Gasteiger partial charge in [0.2, 0.25) is 0 Å². The van der Waals surface area contributed by atoms with Crippen molar-refractivity contribution >= 4 is 0 Å². The maximum atomic E-state index is 2.63. The second-order valence-corrected chi connectivity index (χ2v) is 25.3. The van der Waals surface area contributed by atoms with Crippen molar-refractivity contribution in [1.82, 2.24) is 0 Å². The van der Waals surface area contributed by atoms with E-state index in [4.69, 9.17) is 0 Å². The van der Waals surface area contributed by atoms with E-state index in [1.165, 1.54) is 0 Å². The summed E-state index contributed by atoms with van der Waals surface area (Å²) in [5.41, 5.74) is 0.744. The van der Waals surface area contributed by atoms with Crippen LogP contribution in [0.2, 0.25) is 0 Å². The maximum Gasteiger partial charge on any atom is -0.0241 e. The van der Waals surface area contributed by atoms with E-state index in [0.29, 0.717) is 11.8 Å². The van der Waals surface area contributed by atoms with Crippen molar-refractivity contribution in [3.05, 3.63) is 0 Å². The van der Waals surface area contributed by atoms with Gasteiger partial charge >= 0.3 is 0 Å². The lowest BCUT2D eigenvalue weighted by molar-refractivity contribution is -0.256. The SMILES string of the molecule is CC(C)C(C)(C)C(C)(C)C(C)(C)C(C)(C)C(C)(C)C(C)(C)C(C)(C)C(C)(C)C(C)(C)C(C)(C)C(C)(C)C(C)(C)C(C)(C)C(C)(C)C(C)C. The predicted molar refractivity (Wildman–Crippen MR) is 223 cm³/mol. The van der Waals surface area contributed by atoms with Gasteiger partial charge in [-0.1, -0.05) is 222 Å². The monoisotopic (exact) mass is 675 g/mol. The van der Waals surface area contributed by atoms with Crippen LogP contribution >= 0.6 is 0 Å². The van der Waals surface area contributed by atoms with Gasteiger partial charge in [0.15, 0.2) is 0 Å². The Labute approximate surface area is 308 Å². The number of rotatable bonds is 15. The second kappa shape index (κ2) is 12.3. The molecule has 0 unspecified atom stereocenters. The van der Waals surface area contributed by atoms with Gasteiger partial charge < -0.3 is 0 Å². The van der Waals surface area contributed by atoms with E-state index in [9.17, 15) is 0 Å². The van der Waals surface area contributed by atoms with Crippen LogP contribution in [0.15, 0.2) is 0 Å². The van der Waals surface area contributed by atoms with Crippen molar-refractivity contribution in [2.45, 2.75) is 222 Å². The van der Waals surface area contributed by atoms with Crippen LogP contribution in [0.4, 0.5) is 0 Å². The summed E-state index contributed by atoms with van der Waals surface area (Å²) in [6.07, 6.45) is 0. The highest BCUT2D eigenvalue weighted by Crippen LogP contribution is 2.77. The fraction of sp³-hybridized carbons (Fsp3) is 1.00. The zero-order valence-corrected chi connectivity index (χ0v) is 40.2. The van der Waals surface area contributed by atoms with Crippen LogP contribution in [0.5, 0.6) is 0 Å². The van der Waals surface area contributed by atoms with Gasteiger partial charge in [-0.05, 0) is 87.6 Å². The Morgan fingerprint density at radius 2 is 0.250 bits per heavy atom. The average molecular weight is 675 g/mol. The van der Waals surface area contributed by atoms with Gasteiger partial charge in [0.1, 0.15) is 0 Å². The molecule has 0 heterocycles. The molecule has 0 aromatic rings. The molecule has 0 rings (SSSR count). The molecule has 0 radical (unpaired) electrons. The van der Waals surface area contributed by atoms with E-state index in [1.54, 1.807) is 0 Å². The first-order chi connectivity index (χ1) is 20.1. The highest BCUT2D eigenvalue weighted by molar-refractivity contribution is 5.18. The lowest BCUT2D eigenvalue weighted by Crippen LogP contribution is -2.67. The van der Waals surface area contributed by atoms with Gasteiger partial charge in [-0.15, -0.1) is 0 Å². The summed E-state index contributed by atoms with van der Waals surface area (Å²) in [7, 11) is 0. The van der Waals surface area contributed by atoms with Crippen molar-refractivity contribution in [1.29, 1.82) is 0 Å². The Bertz CT molecular complexity index is 1020. The second-order valence-electron chi connectivity index (χ2n) is 25.3. The van der Waals surface area contributed by atoms with Gasteiger partial charge in [-0.2, -0.15) is 0 Å². The Morgan fingerprint density at radius 1 is 0.167 bits per heavy atom. The molecule has 0 atom stereocenters. The molecule has 0 aliphatic carbocycles. The van der Waals surface area contributed by atoms with Crippen molar-refractivity contribution in [2.24, 2.45) is 87.6 Å². The molecular weight excluding hydrogens is 577 g/mol. The Balaban J connectivity index is 7.62. The molecular formula is C48H98. The third kappa shape index (κ3) is 5.60. The first kappa shape index (κ1) is 48.0. The molecule has 0 aliphatic rings. The summed E-state index contributed by atoms with van der Waals surface area (Å²) in [5, 5.41) is 0. The van der Waals surface area contributed by atoms with Gasteiger partial charge in [0, 0.05) is 0 Å². The summed E-state index contributed by atoms with van der Waals surface area (Å²) in [6.45, 7) is 82.2. The molecule has 0 N–H and O–H groups in total. The molecule has 0 nitrogen and oxygen atoms in total. The first-order valence-corrected chi connectivity index (χ1v) is 20.1. The van der Waals surface area contributed by atoms with Crippen molar-refractivity contribution in [3.63, 3.8) is 0 Å². The van der Waals surface area contributed by atoms with Crippen LogP contribution in [0.3, 0.4) is 0 Å². The van der Waals surface area contributed by atoms with E-state index < -0.39 is 0 Å². The fourth-order valence-electron chi connectivity index (χ4n) is 10.9. The average Bonchev–Trinajstić information content (AvgIpc) is 2.86. The van der Waals surface area contributed by atoms with E-state index in [1.807, 2.05) is 0 Å². The van der Waals surface area contributed by atoms with Crippen LogP contribution in [0.25, 0.3) is 0 Å². The summed E-state index contributed by atoms with van der Waals surface area (Å²) >= 11 is 0. The normalized spacial score (nSPS) is 17.1. The Morgan fingerprint density at radius 3 is 0.333 bits per heavy atom. The van der Waals surface area contributed by atoms with E-state index in [2.05, 4.69) is 222 Å². The third-order valence-corrected chi connectivity index (χ3v) is 23.3. The molecule has 0 fully saturated rings. The summed E-state index contributed by atoms with van der Waals surface area (Å²) in [6, 6.07) is 0. The Hall–Kier alpha value is 0. The van der Waals surface area contributed by atoms with Crippen molar-refractivity contribution in [2.75, 3.05) is 0 Å². The molecule has 0 bridgehead atoms. The molecule has 0 aliphatic heterocycles. The molecule has 290 valence electrons. The largest absolute Gasteiger partial charge is 0.0622 e. The van der Waals surface area contributed by atoms with Crippen molar-refractivity contribution in [3.8, 4) is 0 Å². The molecule has 0 spiro atoms. The van der Waals surface area contributed by atoms with Crippen LogP contribution in [-0.4, -0.2) is 0 Å². The highest BCUT2D eigenvalue weighted by Gasteiger charge is 2.70. The summed E-state index contributed by atoms with van der Waals surface area (Å²) < 4.78 is 0. The quantitative estimate of drug-likeness (QED) is 0.162. The van der Waals surface area contributed by atoms with Gasteiger partial charge in [0.25, 0.3) is 0 Å². The minimum Gasteiger partial charge on any atom is -0.0622 e. The molecule has 0 saturated heterocycles. The van der Waals surface area contributed by atoms with Crippen LogP contribution in [-0.2, 0) is 0 Å². The van der Waals surface area contributed by atoms with Crippen LogP contribution in [0, 0.1) is 87.6 Å². The standard InChI is InChI=1S/C48H98/c1-33(2)35(5,6)37(9,10)39(13,14)41(17,18)43(21,22)45(25,26)47(29,30)48(31,32)46(27,28)44(23,24)42(19,20)40(15,16)38(11,12)36(7,8)34(3)4/h33-34H,1-32H3. The fourth-order valence-corrected chi connectivity index (χ4v) is 10.9. The van der Waals surface area contributed by atoms with E-state index in [0.717, 1.165) is 0 Å². The summed E-state index contributed by atoms with van der Waals surface area (Å²) in [4.78, 5) is 0. The van der Waals surface area contributed by atoms with E-state index in [-0.39, 0.29) is 75.8 Å². The van der Waals surface area contributed by atoms with Crippen LogP contribution < -0.4 is 0 Å². The predicted octanol–water partition coefficient (Wildman–Crippen LogP) is 16.7. The van der Waals surface area contributed by atoms with Crippen molar-refractivity contribution < 1.29 is 0 Å². The molecule has 0 saturated carbocycles. The topological polar surface area (TPSA) is 0 Å². The van der Waals surface area contributed by atoms with Gasteiger partial charge in [0.05, 0.1) is 0 Å². The van der Waals surface area contributed by atoms with Gasteiger partial charge in [-0.25, -0.2) is 0 Å². The lowest BCUT2D eigenvalue weighted by atomic mass is 9.31. The highest BCUT2D eigenvalue weighted by atomic mass is 14.7. The Kier molecular flexibility index (Phi) is 12.3. The molecule has 0 aromatic carbocycles. The smallest absolute Gasteiger partial charge is 0.0241 e. The minimum atomic E-state index is -0.0116. The molecule has 0 aromatic heterocycles. The lowest BCUT2D eigenvalue weighted by Gasteiger charge is -2.74. The minimum absolute atomic E-state index is 0.00572. The third-order valence-electron chi connectivity index (χ3n) is 23.3.